The van der Waals surface area contributed by atoms with Gasteiger partial charge in [-0.25, -0.2) is 9.18 Å². The molecule has 0 aliphatic rings. The highest BCUT2D eigenvalue weighted by Gasteiger charge is 2.24. The van der Waals surface area contributed by atoms with Crippen LogP contribution in [0.25, 0.3) is 0 Å². The van der Waals surface area contributed by atoms with Crippen molar-refractivity contribution in [1.82, 2.24) is 5.32 Å². The van der Waals surface area contributed by atoms with Crippen LogP contribution in [-0.4, -0.2) is 38.3 Å². The fourth-order valence-corrected chi connectivity index (χ4v) is 2.55. The summed E-state index contributed by atoms with van der Waals surface area (Å²) in [5, 5.41) is 11.8. The molecule has 0 saturated carbocycles. The van der Waals surface area contributed by atoms with Crippen LogP contribution in [0.5, 0.6) is 17.2 Å². The minimum atomic E-state index is -1.41. The largest absolute Gasteiger partial charge is 0.497 e. The number of hydrogen-bond donors (Lipinski definition) is 2. The van der Waals surface area contributed by atoms with E-state index in [4.69, 9.17) is 14.2 Å². The lowest BCUT2D eigenvalue weighted by molar-refractivity contribution is -0.142. The Morgan fingerprint density at radius 2 is 1.70 bits per heavy atom. The fourth-order valence-electron chi connectivity index (χ4n) is 2.55. The Kier molecular flexibility index (Phi) is 6.59. The van der Waals surface area contributed by atoms with Crippen molar-refractivity contribution in [3.63, 3.8) is 0 Å². The van der Waals surface area contributed by atoms with E-state index in [1.807, 2.05) is 0 Å². The van der Waals surface area contributed by atoms with Crippen LogP contribution in [0.1, 0.15) is 17.2 Å². The molecule has 0 saturated heterocycles. The van der Waals surface area contributed by atoms with Crippen molar-refractivity contribution in [2.45, 2.75) is 12.5 Å². The van der Waals surface area contributed by atoms with Crippen molar-refractivity contribution in [3.8, 4) is 17.2 Å². The summed E-state index contributed by atoms with van der Waals surface area (Å²) >= 11 is 0. The molecule has 0 aliphatic carbocycles. The van der Waals surface area contributed by atoms with Gasteiger partial charge in [-0.2, -0.15) is 0 Å². The Morgan fingerprint density at radius 1 is 1.04 bits per heavy atom. The summed E-state index contributed by atoms with van der Waals surface area (Å²) in [4.78, 5) is 24.0. The lowest BCUT2D eigenvalue weighted by Crippen LogP contribution is -2.34. The molecule has 0 aromatic heterocycles. The van der Waals surface area contributed by atoms with E-state index < -0.39 is 23.7 Å². The van der Waals surface area contributed by atoms with Gasteiger partial charge in [0.2, 0.25) is 5.91 Å². The number of carboxylic acid groups (broad SMARTS) is 1. The van der Waals surface area contributed by atoms with Crippen LogP contribution < -0.4 is 19.5 Å². The molecule has 8 heteroatoms. The molecule has 1 unspecified atom stereocenters. The first kappa shape index (κ1) is 20.0. The summed E-state index contributed by atoms with van der Waals surface area (Å²) in [6.07, 6.45) is -0.136. The smallest absolute Gasteiger partial charge is 0.330 e. The fraction of sp³-hybridized carbons (Fsp3) is 0.263. The molecule has 0 spiro atoms. The Bertz CT molecular complexity index is 839. The molecule has 1 amide bonds. The SMILES string of the molecule is COc1ccc(OC)c(CC(=O)NC(C(=O)O)c2ccc(OC)c(F)c2)c1. The summed E-state index contributed by atoms with van der Waals surface area (Å²) in [5.41, 5.74) is 0.617. The lowest BCUT2D eigenvalue weighted by Gasteiger charge is -2.16. The van der Waals surface area contributed by atoms with Crippen molar-refractivity contribution < 1.29 is 33.3 Å². The average Bonchev–Trinajstić information content (AvgIpc) is 2.65. The topological polar surface area (TPSA) is 94.1 Å². The molecule has 2 aromatic rings. The zero-order chi connectivity index (χ0) is 20.0. The van der Waals surface area contributed by atoms with E-state index in [-0.39, 0.29) is 17.7 Å². The molecular weight excluding hydrogens is 357 g/mol. The molecule has 0 heterocycles. The molecule has 27 heavy (non-hydrogen) atoms. The van der Waals surface area contributed by atoms with Gasteiger partial charge in [0, 0.05) is 5.56 Å². The Morgan fingerprint density at radius 3 is 2.26 bits per heavy atom. The highest BCUT2D eigenvalue weighted by molar-refractivity contribution is 5.86. The van der Waals surface area contributed by atoms with Gasteiger partial charge in [-0.3, -0.25) is 4.79 Å². The van der Waals surface area contributed by atoms with Crippen molar-refractivity contribution in [2.75, 3.05) is 21.3 Å². The maximum Gasteiger partial charge on any atom is 0.330 e. The second kappa shape index (κ2) is 8.88. The summed E-state index contributed by atoms with van der Waals surface area (Å²) < 4.78 is 29.0. The van der Waals surface area contributed by atoms with E-state index in [9.17, 15) is 19.1 Å². The third kappa shape index (κ3) is 4.87. The van der Waals surface area contributed by atoms with Crippen LogP contribution in [0.2, 0.25) is 0 Å². The van der Waals surface area contributed by atoms with E-state index in [0.717, 1.165) is 6.07 Å². The monoisotopic (exact) mass is 377 g/mol. The van der Waals surface area contributed by atoms with E-state index in [0.29, 0.717) is 17.1 Å². The highest BCUT2D eigenvalue weighted by atomic mass is 19.1. The molecule has 1 atom stereocenters. The van der Waals surface area contributed by atoms with Gasteiger partial charge in [-0.15, -0.1) is 0 Å². The van der Waals surface area contributed by atoms with Gasteiger partial charge in [0.05, 0.1) is 27.8 Å². The minimum Gasteiger partial charge on any atom is -0.497 e. The van der Waals surface area contributed by atoms with Crippen molar-refractivity contribution in [2.24, 2.45) is 0 Å². The van der Waals surface area contributed by atoms with Crippen LogP contribution in [0, 0.1) is 5.82 Å². The van der Waals surface area contributed by atoms with Crippen LogP contribution in [0.4, 0.5) is 4.39 Å². The predicted octanol–water partition coefficient (Wildman–Crippen LogP) is 2.34. The van der Waals surface area contributed by atoms with Gasteiger partial charge < -0.3 is 24.6 Å². The average molecular weight is 377 g/mol. The zero-order valence-corrected chi connectivity index (χ0v) is 15.1. The number of rotatable bonds is 8. The second-order valence-corrected chi connectivity index (χ2v) is 5.59. The molecule has 2 N–H and O–H groups in total. The number of hydrogen-bond acceptors (Lipinski definition) is 5. The molecule has 144 valence electrons. The molecule has 2 aromatic carbocycles. The normalized spacial score (nSPS) is 11.4. The number of ether oxygens (including phenoxy) is 3. The molecular formula is C19H20FNO6. The van der Waals surface area contributed by atoms with E-state index >= 15 is 0 Å². The zero-order valence-electron chi connectivity index (χ0n) is 15.1. The number of carbonyl (C=O) groups excluding carboxylic acids is 1. The van der Waals surface area contributed by atoms with Gasteiger partial charge in [0.1, 0.15) is 11.5 Å². The van der Waals surface area contributed by atoms with E-state index in [1.165, 1.54) is 33.5 Å². The second-order valence-electron chi connectivity index (χ2n) is 5.59. The summed E-state index contributed by atoms with van der Waals surface area (Å²) in [7, 11) is 4.25. The molecule has 0 aliphatic heterocycles. The number of halogens is 1. The number of methoxy groups -OCH3 is 3. The number of aliphatic carboxylic acids is 1. The van der Waals surface area contributed by atoms with Crippen molar-refractivity contribution >= 4 is 11.9 Å². The Balaban J connectivity index is 2.21. The number of carbonyl (C=O) groups is 2. The number of amides is 1. The maximum absolute atomic E-state index is 13.9. The lowest BCUT2D eigenvalue weighted by atomic mass is 10.1. The Labute approximate surface area is 155 Å². The molecule has 0 radical (unpaired) electrons. The highest BCUT2D eigenvalue weighted by Crippen LogP contribution is 2.25. The Hall–Kier alpha value is -3.29. The summed E-state index contributed by atoms with van der Waals surface area (Å²) in [6, 6.07) is 7.25. The third-order valence-corrected chi connectivity index (χ3v) is 3.90. The van der Waals surface area contributed by atoms with Crippen LogP contribution in [0.15, 0.2) is 36.4 Å². The minimum absolute atomic E-state index is 0.0182. The number of benzene rings is 2. The van der Waals surface area contributed by atoms with Crippen LogP contribution >= 0.6 is 0 Å². The molecule has 0 bridgehead atoms. The number of nitrogens with one attached hydrogen (secondary N) is 1. The summed E-state index contributed by atoms with van der Waals surface area (Å²) in [6.45, 7) is 0. The first-order valence-corrected chi connectivity index (χ1v) is 7.96. The van der Waals surface area contributed by atoms with Crippen molar-refractivity contribution in [3.05, 3.63) is 53.3 Å². The summed E-state index contributed by atoms with van der Waals surface area (Å²) in [5.74, 6) is -1.62. The van der Waals surface area contributed by atoms with Gasteiger partial charge in [0.25, 0.3) is 0 Å². The van der Waals surface area contributed by atoms with Gasteiger partial charge in [-0.1, -0.05) is 6.07 Å². The first-order valence-electron chi connectivity index (χ1n) is 7.96. The predicted molar refractivity (Wildman–Crippen MR) is 94.7 cm³/mol. The molecule has 0 fully saturated rings. The van der Waals surface area contributed by atoms with Gasteiger partial charge in [0.15, 0.2) is 17.6 Å². The van der Waals surface area contributed by atoms with Crippen LogP contribution in [0.3, 0.4) is 0 Å². The van der Waals surface area contributed by atoms with E-state index in [2.05, 4.69) is 5.32 Å². The standard InChI is InChI=1S/C19H20FNO6/c1-25-13-5-7-15(26-2)12(8-13)10-17(22)21-18(19(23)24)11-4-6-16(27-3)14(20)9-11/h4-9,18H,10H2,1-3H3,(H,21,22)(H,23,24). The quantitative estimate of drug-likeness (QED) is 0.733. The van der Waals surface area contributed by atoms with Crippen molar-refractivity contribution in [1.29, 1.82) is 0 Å². The van der Waals surface area contributed by atoms with Crippen LogP contribution in [-0.2, 0) is 16.0 Å². The van der Waals surface area contributed by atoms with E-state index in [1.54, 1.807) is 18.2 Å². The molecule has 7 nitrogen and oxygen atoms in total. The van der Waals surface area contributed by atoms with Gasteiger partial charge >= 0.3 is 5.97 Å². The maximum atomic E-state index is 13.9. The third-order valence-electron chi connectivity index (χ3n) is 3.90. The van der Waals surface area contributed by atoms with Gasteiger partial charge in [-0.05, 0) is 35.9 Å². The first-order chi connectivity index (χ1) is 12.9. The number of carboxylic acids is 1. The molecule has 2 rings (SSSR count).